The van der Waals surface area contributed by atoms with Gasteiger partial charge in [-0.05, 0) is 18.0 Å². The van der Waals surface area contributed by atoms with Crippen LogP contribution in [0.25, 0.3) is 0 Å². The molecule has 1 atom stereocenters. The fraction of sp³-hybridized carbons (Fsp3) is 0.625. The summed E-state index contributed by atoms with van der Waals surface area (Å²) < 4.78 is 3.66. The Morgan fingerprint density at radius 3 is 3.00 bits per heavy atom. The highest BCUT2D eigenvalue weighted by Crippen LogP contribution is 2.12. The van der Waals surface area contributed by atoms with Crippen molar-refractivity contribution in [3.8, 4) is 0 Å². The van der Waals surface area contributed by atoms with Crippen molar-refractivity contribution < 1.29 is 4.79 Å². The molecule has 1 aromatic rings. The smallest absolute Gasteiger partial charge is 0.186 e. The summed E-state index contributed by atoms with van der Waals surface area (Å²) in [5, 5.41) is 5.44. The molecule has 0 spiro atoms. The summed E-state index contributed by atoms with van der Waals surface area (Å²) in [5.74, 6) is 0.199. The summed E-state index contributed by atoms with van der Waals surface area (Å²) in [4.78, 5) is 11.5. The first-order valence-corrected chi connectivity index (χ1v) is 4.90. The van der Waals surface area contributed by atoms with Gasteiger partial charge >= 0.3 is 0 Å². The van der Waals surface area contributed by atoms with Gasteiger partial charge in [0.2, 0.25) is 0 Å². The third-order valence-corrected chi connectivity index (χ3v) is 2.29. The molecule has 4 heteroatoms. The SMILES string of the molecule is CCCC(C)C(=O)c1csnn1. The maximum Gasteiger partial charge on any atom is 0.186 e. The number of Topliss-reactive ketones (excluding diaryl/α,β-unsaturated/α-hetero) is 1. The molecule has 0 aliphatic carbocycles. The molecular weight excluding hydrogens is 172 g/mol. The predicted octanol–water partition coefficient (Wildman–Crippen LogP) is 2.16. The molecule has 3 nitrogen and oxygen atoms in total. The van der Waals surface area contributed by atoms with Gasteiger partial charge in [0, 0.05) is 11.3 Å². The molecule has 0 aliphatic heterocycles. The van der Waals surface area contributed by atoms with Crippen LogP contribution in [0.1, 0.15) is 37.2 Å². The van der Waals surface area contributed by atoms with Crippen molar-refractivity contribution in [2.24, 2.45) is 5.92 Å². The van der Waals surface area contributed by atoms with Crippen molar-refractivity contribution in [1.29, 1.82) is 0 Å². The van der Waals surface area contributed by atoms with Crippen LogP contribution in [-0.4, -0.2) is 15.4 Å². The Hall–Kier alpha value is -0.770. The van der Waals surface area contributed by atoms with E-state index in [1.807, 2.05) is 6.92 Å². The minimum absolute atomic E-state index is 0.0823. The molecule has 0 radical (unpaired) electrons. The molecule has 0 fully saturated rings. The predicted molar refractivity (Wildman–Crippen MR) is 48.3 cm³/mol. The van der Waals surface area contributed by atoms with E-state index in [-0.39, 0.29) is 11.7 Å². The Bertz CT molecular complexity index is 246. The standard InChI is InChI=1S/C8H12N2OS/c1-3-4-6(2)8(11)7-5-12-10-9-7/h5-6H,3-4H2,1-2H3. The Labute approximate surface area is 76.0 Å². The van der Waals surface area contributed by atoms with Gasteiger partial charge in [0.25, 0.3) is 0 Å². The molecular formula is C8H12N2OS. The quantitative estimate of drug-likeness (QED) is 0.673. The summed E-state index contributed by atoms with van der Waals surface area (Å²) in [6, 6.07) is 0. The molecule has 1 heterocycles. The molecule has 0 bridgehead atoms. The number of carbonyl (C=O) groups is 1. The first-order chi connectivity index (χ1) is 5.75. The number of rotatable bonds is 4. The summed E-state index contributed by atoms with van der Waals surface area (Å²) in [6.45, 7) is 4.01. The van der Waals surface area contributed by atoms with Gasteiger partial charge in [-0.25, -0.2) is 0 Å². The second-order valence-corrected chi connectivity index (χ2v) is 3.45. The van der Waals surface area contributed by atoms with Crippen molar-refractivity contribution in [2.75, 3.05) is 0 Å². The molecule has 1 aromatic heterocycles. The first kappa shape index (κ1) is 9.32. The average Bonchev–Trinajstić information content (AvgIpc) is 2.55. The third kappa shape index (κ3) is 2.11. The van der Waals surface area contributed by atoms with Crippen molar-refractivity contribution in [1.82, 2.24) is 9.59 Å². The summed E-state index contributed by atoms with van der Waals surface area (Å²) in [5.41, 5.74) is 0.515. The maximum absolute atomic E-state index is 11.5. The Morgan fingerprint density at radius 2 is 2.50 bits per heavy atom. The summed E-state index contributed by atoms with van der Waals surface area (Å²) in [7, 11) is 0. The molecule has 1 rings (SSSR count). The van der Waals surface area contributed by atoms with E-state index >= 15 is 0 Å². The minimum atomic E-state index is 0.0823. The maximum atomic E-state index is 11.5. The molecule has 12 heavy (non-hydrogen) atoms. The lowest BCUT2D eigenvalue weighted by Crippen LogP contribution is -2.11. The molecule has 66 valence electrons. The largest absolute Gasteiger partial charge is 0.292 e. The zero-order valence-corrected chi connectivity index (χ0v) is 8.10. The Morgan fingerprint density at radius 1 is 1.75 bits per heavy atom. The van der Waals surface area contributed by atoms with Crippen LogP contribution in [0.5, 0.6) is 0 Å². The highest BCUT2D eigenvalue weighted by atomic mass is 32.1. The van der Waals surface area contributed by atoms with E-state index in [4.69, 9.17) is 0 Å². The minimum Gasteiger partial charge on any atom is -0.292 e. The van der Waals surface area contributed by atoms with Crippen LogP contribution in [-0.2, 0) is 0 Å². The molecule has 0 aliphatic rings. The first-order valence-electron chi connectivity index (χ1n) is 4.07. The molecule has 0 amide bonds. The van der Waals surface area contributed by atoms with Gasteiger partial charge in [0.05, 0.1) is 0 Å². The lowest BCUT2D eigenvalue weighted by molar-refractivity contribution is 0.0918. The van der Waals surface area contributed by atoms with E-state index in [0.29, 0.717) is 5.69 Å². The molecule has 0 saturated heterocycles. The number of aromatic nitrogens is 2. The van der Waals surface area contributed by atoms with Gasteiger partial charge in [-0.2, -0.15) is 0 Å². The highest BCUT2D eigenvalue weighted by Gasteiger charge is 2.16. The van der Waals surface area contributed by atoms with Crippen LogP contribution in [0, 0.1) is 5.92 Å². The fourth-order valence-electron chi connectivity index (χ4n) is 1.09. The van der Waals surface area contributed by atoms with Crippen LogP contribution in [0.15, 0.2) is 5.38 Å². The van der Waals surface area contributed by atoms with Gasteiger partial charge < -0.3 is 0 Å². The van der Waals surface area contributed by atoms with Crippen molar-refractivity contribution in [2.45, 2.75) is 26.7 Å². The third-order valence-electron chi connectivity index (χ3n) is 1.78. The van der Waals surface area contributed by atoms with Crippen LogP contribution in [0.4, 0.5) is 0 Å². The molecule has 0 saturated carbocycles. The van der Waals surface area contributed by atoms with Gasteiger partial charge in [0.1, 0.15) is 5.69 Å². The normalized spacial score (nSPS) is 12.8. The van der Waals surface area contributed by atoms with E-state index in [9.17, 15) is 4.79 Å². The lowest BCUT2D eigenvalue weighted by Gasteiger charge is -2.04. The van der Waals surface area contributed by atoms with Crippen molar-refractivity contribution >= 4 is 17.3 Å². The summed E-state index contributed by atoms with van der Waals surface area (Å²) >= 11 is 1.22. The van der Waals surface area contributed by atoms with Crippen LogP contribution >= 0.6 is 11.5 Å². The van der Waals surface area contributed by atoms with Crippen LogP contribution in [0.2, 0.25) is 0 Å². The lowest BCUT2D eigenvalue weighted by atomic mass is 9.99. The number of ketones is 1. The van der Waals surface area contributed by atoms with E-state index in [1.54, 1.807) is 5.38 Å². The van der Waals surface area contributed by atoms with E-state index in [1.165, 1.54) is 11.5 Å². The Balaban J connectivity index is 2.59. The number of hydrogen-bond acceptors (Lipinski definition) is 4. The van der Waals surface area contributed by atoms with Gasteiger partial charge in [-0.15, -0.1) is 5.10 Å². The van der Waals surface area contributed by atoms with Crippen LogP contribution in [0.3, 0.4) is 0 Å². The van der Waals surface area contributed by atoms with Crippen molar-refractivity contribution in [3.63, 3.8) is 0 Å². The second-order valence-electron chi connectivity index (χ2n) is 2.84. The van der Waals surface area contributed by atoms with Gasteiger partial charge in [0.15, 0.2) is 5.78 Å². The molecule has 0 N–H and O–H groups in total. The number of nitrogens with zero attached hydrogens (tertiary/aromatic N) is 2. The van der Waals surface area contributed by atoms with Gasteiger partial charge in [-0.1, -0.05) is 24.8 Å². The topological polar surface area (TPSA) is 42.9 Å². The van der Waals surface area contributed by atoms with E-state index in [0.717, 1.165) is 12.8 Å². The summed E-state index contributed by atoms with van der Waals surface area (Å²) in [6.07, 6.45) is 1.96. The molecule has 1 unspecified atom stereocenters. The highest BCUT2D eigenvalue weighted by molar-refractivity contribution is 7.03. The van der Waals surface area contributed by atoms with Crippen molar-refractivity contribution in [3.05, 3.63) is 11.1 Å². The monoisotopic (exact) mass is 184 g/mol. The zero-order valence-electron chi connectivity index (χ0n) is 7.28. The zero-order chi connectivity index (χ0) is 8.97. The van der Waals surface area contributed by atoms with Gasteiger partial charge in [-0.3, -0.25) is 4.79 Å². The molecule has 0 aromatic carbocycles. The number of hydrogen-bond donors (Lipinski definition) is 0. The van der Waals surface area contributed by atoms with Crippen LogP contribution < -0.4 is 0 Å². The van der Waals surface area contributed by atoms with E-state index in [2.05, 4.69) is 16.5 Å². The fourth-order valence-corrected chi connectivity index (χ4v) is 1.53. The average molecular weight is 184 g/mol. The Kier molecular flexibility index (Phi) is 3.34. The second kappa shape index (κ2) is 4.30. The number of carbonyl (C=O) groups excluding carboxylic acids is 1. The van der Waals surface area contributed by atoms with E-state index < -0.39 is 0 Å².